The first-order valence-electron chi connectivity index (χ1n) is 11.6. The van der Waals surface area contributed by atoms with Crippen molar-refractivity contribution in [3.63, 3.8) is 0 Å². The molecule has 1 saturated heterocycles. The van der Waals surface area contributed by atoms with E-state index in [0.717, 1.165) is 59.2 Å². The Morgan fingerprint density at radius 1 is 1.12 bits per heavy atom. The van der Waals surface area contributed by atoms with Crippen LogP contribution in [0.4, 0.5) is 0 Å². The Bertz CT molecular complexity index is 1360. The molecule has 1 aliphatic carbocycles. The molecule has 0 bridgehead atoms. The fourth-order valence-electron chi connectivity index (χ4n) is 5.52. The average Bonchev–Trinajstić information content (AvgIpc) is 3.46. The number of imidazole rings is 1. The van der Waals surface area contributed by atoms with E-state index in [2.05, 4.69) is 71.4 Å². The summed E-state index contributed by atoms with van der Waals surface area (Å²) in [7, 11) is 0. The van der Waals surface area contributed by atoms with Crippen molar-refractivity contribution in [2.45, 2.75) is 44.9 Å². The number of nitrogens with zero attached hydrogens (tertiary/aromatic N) is 3. The molecule has 0 atom stereocenters. The van der Waals surface area contributed by atoms with Crippen molar-refractivity contribution >= 4 is 28.8 Å². The molecular formula is C27H28N4OS. The third-order valence-electron chi connectivity index (χ3n) is 7.38. The number of H-pyrrole nitrogens is 1. The molecular weight excluding hydrogens is 428 g/mol. The molecule has 0 amide bonds. The zero-order valence-corrected chi connectivity index (χ0v) is 20.1. The number of piperidine rings is 1. The highest BCUT2D eigenvalue weighted by molar-refractivity contribution is 7.95. The molecule has 0 radical (unpaired) electrons. The highest BCUT2D eigenvalue weighted by Gasteiger charge is 2.40. The molecule has 6 heteroatoms. The number of ketones is 1. The summed E-state index contributed by atoms with van der Waals surface area (Å²) in [5.74, 6) is 0.667. The maximum atomic E-state index is 13.6. The molecule has 6 rings (SSSR count). The summed E-state index contributed by atoms with van der Waals surface area (Å²) in [5, 5.41) is 1.03. The SMILES string of the molecule is Cc1ccc2c3c([nH]c2c1)C(C)(C)c1cc(C2CCN(Sn4ccnc4)CC2)ccc1C3=O. The van der Waals surface area contributed by atoms with E-state index in [9.17, 15) is 4.79 Å². The number of aromatic nitrogens is 3. The van der Waals surface area contributed by atoms with Gasteiger partial charge >= 0.3 is 0 Å². The molecule has 1 N–H and O–H groups in total. The van der Waals surface area contributed by atoms with E-state index in [1.54, 1.807) is 12.1 Å². The Labute approximate surface area is 198 Å². The summed E-state index contributed by atoms with van der Waals surface area (Å²) in [6.45, 7) is 8.66. The number of benzene rings is 2. The monoisotopic (exact) mass is 456 g/mol. The van der Waals surface area contributed by atoms with Gasteiger partial charge in [-0.1, -0.05) is 44.2 Å². The van der Waals surface area contributed by atoms with Crippen molar-refractivity contribution < 1.29 is 4.79 Å². The van der Waals surface area contributed by atoms with Crippen LogP contribution in [0.2, 0.25) is 0 Å². The quantitative estimate of drug-likeness (QED) is 0.394. The first-order chi connectivity index (χ1) is 15.9. The predicted octanol–water partition coefficient (Wildman–Crippen LogP) is 5.83. The zero-order valence-electron chi connectivity index (χ0n) is 19.3. The normalized spacial score (nSPS) is 18.5. The smallest absolute Gasteiger partial charge is 0.195 e. The number of hydrogen-bond donors (Lipinski definition) is 1. The van der Waals surface area contributed by atoms with Crippen LogP contribution in [0.3, 0.4) is 0 Å². The van der Waals surface area contributed by atoms with Crippen LogP contribution in [-0.4, -0.2) is 37.1 Å². The highest BCUT2D eigenvalue weighted by Crippen LogP contribution is 2.45. The summed E-state index contributed by atoms with van der Waals surface area (Å²) < 4.78 is 4.45. The van der Waals surface area contributed by atoms with Gasteiger partial charge < -0.3 is 4.98 Å². The lowest BCUT2D eigenvalue weighted by atomic mass is 9.70. The molecule has 33 heavy (non-hydrogen) atoms. The second kappa shape index (κ2) is 7.61. The number of fused-ring (bicyclic) bond motifs is 4. The Balaban J connectivity index is 1.31. The van der Waals surface area contributed by atoms with Crippen LogP contribution >= 0.6 is 12.1 Å². The van der Waals surface area contributed by atoms with E-state index in [0.29, 0.717) is 5.92 Å². The number of nitrogens with one attached hydrogen (secondary N) is 1. The van der Waals surface area contributed by atoms with Crippen molar-refractivity contribution in [1.82, 2.24) is 18.2 Å². The maximum absolute atomic E-state index is 13.6. The molecule has 3 heterocycles. The minimum atomic E-state index is -0.251. The third kappa shape index (κ3) is 3.35. The summed E-state index contributed by atoms with van der Waals surface area (Å²) in [4.78, 5) is 21.3. The Kier molecular flexibility index (Phi) is 4.78. The van der Waals surface area contributed by atoms with Crippen LogP contribution in [0, 0.1) is 6.92 Å². The highest BCUT2D eigenvalue weighted by atomic mass is 32.2. The molecule has 1 fully saturated rings. The van der Waals surface area contributed by atoms with E-state index < -0.39 is 0 Å². The Hall–Kier alpha value is -2.83. The molecule has 5 nitrogen and oxygen atoms in total. The lowest BCUT2D eigenvalue weighted by molar-refractivity contribution is 0.103. The van der Waals surface area contributed by atoms with Gasteiger partial charge in [-0.15, -0.1) is 0 Å². The van der Waals surface area contributed by atoms with Gasteiger partial charge in [0.1, 0.15) is 6.33 Å². The van der Waals surface area contributed by atoms with Crippen LogP contribution in [0.1, 0.15) is 70.9 Å². The topological polar surface area (TPSA) is 53.9 Å². The first-order valence-corrected chi connectivity index (χ1v) is 12.4. The van der Waals surface area contributed by atoms with Gasteiger partial charge in [0, 0.05) is 65.2 Å². The maximum Gasteiger partial charge on any atom is 0.195 e. The van der Waals surface area contributed by atoms with Gasteiger partial charge in [0.15, 0.2) is 5.78 Å². The van der Waals surface area contributed by atoms with Crippen LogP contribution in [0.15, 0.2) is 55.1 Å². The average molecular weight is 457 g/mol. The predicted molar refractivity (Wildman–Crippen MR) is 134 cm³/mol. The summed E-state index contributed by atoms with van der Waals surface area (Å²) >= 11 is 1.73. The van der Waals surface area contributed by atoms with Crippen molar-refractivity contribution in [3.8, 4) is 0 Å². The second-order valence-corrected chi connectivity index (χ2v) is 11.0. The summed E-state index contributed by atoms with van der Waals surface area (Å²) in [6, 6.07) is 12.9. The van der Waals surface area contributed by atoms with E-state index >= 15 is 0 Å². The van der Waals surface area contributed by atoms with E-state index in [4.69, 9.17) is 0 Å². The van der Waals surface area contributed by atoms with Crippen LogP contribution in [-0.2, 0) is 5.41 Å². The van der Waals surface area contributed by atoms with E-state index in [1.165, 1.54) is 11.1 Å². The number of carbonyl (C=O) groups excluding carboxylic acids is 1. The molecule has 4 aromatic rings. The fourth-order valence-corrected chi connectivity index (χ4v) is 6.36. The van der Waals surface area contributed by atoms with Crippen molar-refractivity contribution in [1.29, 1.82) is 0 Å². The fraction of sp³-hybridized carbons (Fsp3) is 0.333. The number of aryl methyl sites for hydroxylation is 1. The molecule has 2 aromatic carbocycles. The molecule has 1 aliphatic heterocycles. The van der Waals surface area contributed by atoms with E-state index in [-0.39, 0.29) is 11.2 Å². The van der Waals surface area contributed by atoms with Crippen molar-refractivity contribution in [2.24, 2.45) is 0 Å². The molecule has 0 saturated carbocycles. The minimum absolute atomic E-state index is 0.146. The van der Waals surface area contributed by atoms with Gasteiger partial charge in [0.05, 0.1) is 5.56 Å². The lowest BCUT2D eigenvalue weighted by Crippen LogP contribution is -2.31. The van der Waals surface area contributed by atoms with Gasteiger partial charge in [0.2, 0.25) is 0 Å². The Morgan fingerprint density at radius 2 is 1.94 bits per heavy atom. The van der Waals surface area contributed by atoms with Crippen molar-refractivity contribution in [3.05, 3.63) is 88.6 Å². The molecule has 0 spiro atoms. The van der Waals surface area contributed by atoms with Gasteiger partial charge in [-0.25, -0.2) is 9.29 Å². The number of hydrogen-bond acceptors (Lipinski definition) is 4. The Morgan fingerprint density at radius 3 is 2.70 bits per heavy atom. The van der Waals surface area contributed by atoms with Crippen LogP contribution in [0.25, 0.3) is 10.9 Å². The molecule has 2 aromatic heterocycles. The molecule has 2 aliphatic rings. The summed E-state index contributed by atoms with van der Waals surface area (Å²) in [6.07, 6.45) is 7.88. The number of aromatic amines is 1. The lowest BCUT2D eigenvalue weighted by Gasteiger charge is -2.35. The van der Waals surface area contributed by atoms with Gasteiger partial charge in [0.25, 0.3) is 0 Å². The molecule has 168 valence electrons. The van der Waals surface area contributed by atoms with E-state index in [1.807, 2.05) is 22.7 Å². The van der Waals surface area contributed by atoms with Crippen LogP contribution in [0.5, 0.6) is 0 Å². The molecule has 0 unspecified atom stereocenters. The van der Waals surface area contributed by atoms with Crippen LogP contribution < -0.4 is 0 Å². The minimum Gasteiger partial charge on any atom is -0.357 e. The zero-order chi connectivity index (χ0) is 22.7. The van der Waals surface area contributed by atoms with Crippen molar-refractivity contribution in [2.75, 3.05) is 13.1 Å². The number of carbonyl (C=O) groups is 1. The largest absolute Gasteiger partial charge is 0.357 e. The standard InChI is InChI=1S/C27H28N4OS/c1-17-4-6-21-23(14-17)29-26-24(21)25(32)20-7-5-19(15-22(20)27(26,2)3)18-8-11-30(12-9-18)33-31-13-10-28-16-31/h4-7,10,13-16,18,29H,8-9,11-12H2,1-3H3. The first kappa shape index (κ1) is 20.8. The van der Waals surface area contributed by atoms with Gasteiger partial charge in [-0.3, -0.25) is 8.77 Å². The summed E-state index contributed by atoms with van der Waals surface area (Å²) in [5.41, 5.74) is 7.25. The number of rotatable bonds is 3. The van der Waals surface area contributed by atoms with Gasteiger partial charge in [-0.05, 0) is 48.4 Å². The third-order valence-corrected chi connectivity index (χ3v) is 8.38. The van der Waals surface area contributed by atoms with Gasteiger partial charge in [-0.2, -0.15) is 0 Å². The second-order valence-electron chi connectivity index (χ2n) is 9.89.